The number of hydrogen-bond acceptors (Lipinski definition) is 6. The highest BCUT2D eigenvalue weighted by Gasteiger charge is 2.16. The number of nitrogens with zero attached hydrogens (tertiary/aromatic N) is 3. The molecule has 1 fully saturated rings. The summed E-state index contributed by atoms with van der Waals surface area (Å²) in [6.45, 7) is 8.39. The minimum atomic E-state index is -0.220. The Morgan fingerprint density at radius 2 is 1.93 bits per heavy atom. The normalized spacial score (nSPS) is 14.7. The van der Waals surface area contributed by atoms with Crippen LogP contribution in [0.15, 0.2) is 18.3 Å². The molecule has 0 saturated carbocycles. The van der Waals surface area contributed by atoms with Crippen LogP contribution >= 0.6 is 0 Å². The van der Waals surface area contributed by atoms with Crippen molar-refractivity contribution >= 4 is 17.8 Å². The summed E-state index contributed by atoms with van der Waals surface area (Å²) in [5.74, 6) is 0.771. The number of urea groups is 1. The molecule has 0 bridgehead atoms. The smallest absolute Gasteiger partial charge is 0.315 e. The fraction of sp³-hybridized carbons (Fsp3) is 0.632. The van der Waals surface area contributed by atoms with Crippen molar-refractivity contribution in [1.29, 1.82) is 0 Å². The number of piperazine rings is 1. The van der Waals surface area contributed by atoms with Crippen LogP contribution in [0.1, 0.15) is 31.7 Å². The van der Waals surface area contributed by atoms with Gasteiger partial charge in [-0.05, 0) is 31.0 Å². The van der Waals surface area contributed by atoms with Crippen LogP contribution in [0.2, 0.25) is 0 Å². The summed E-state index contributed by atoms with van der Waals surface area (Å²) in [7, 11) is 1.38. The Balaban J connectivity index is 1.63. The Bertz CT molecular complexity index is 586. The van der Waals surface area contributed by atoms with Gasteiger partial charge in [-0.3, -0.25) is 4.79 Å². The molecule has 2 rings (SSSR count). The summed E-state index contributed by atoms with van der Waals surface area (Å²) in [6.07, 6.45) is 3.64. The number of methoxy groups -OCH3 is 1. The zero-order chi connectivity index (χ0) is 19.5. The molecule has 0 unspecified atom stereocenters. The number of esters is 1. The van der Waals surface area contributed by atoms with E-state index in [2.05, 4.69) is 37.1 Å². The predicted molar refractivity (Wildman–Crippen MR) is 105 cm³/mol. The number of nitrogens with one attached hydrogen (secondary N) is 2. The molecule has 2 heterocycles. The summed E-state index contributed by atoms with van der Waals surface area (Å²) in [4.78, 5) is 32.0. The van der Waals surface area contributed by atoms with E-state index in [1.54, 1.807) is 0 Å². The van der Waals surface area contributed by atoms with E-state index in [0.29, 0.717) is 25.9 Å². The summed E-state index contributed by atoms with van der Waals surface area (Å²) < 4.78 is 4.57. The molecular formula is C19H31N5O3. The molecule has 2 amide bonds. The van der Waals surface area contributed by atoms with E-state index in [1.165, 1.54) is 7.11 Å². The Hall–Kier alpha value is -2.35. The number of likely N-dealkylation sites (N-methyl/N-ethyl adjacent to an activating group) is 1. The van der Waals surface area contributed by atoms with E-state index < -0.39 is 0 Å². The van der Waals surface area contributed by atoms with Crippen LogP contribution < -0.4 is 15.5 Å². The zero-order valence-electron chi connectivity index (χ0n) is 16.4. The molecule has 1 aromatic rings. The quantitative estimate of drug-likeness (QED) is 0.499. The number of aromatic nitrogens is 1. The number of hydrogen-bond donors (Lipinski definition) is 2. The van der Waals surface area contributed by atoms with Crippen LogP contribution in [0.5, 0.6) is 0 Å². The third kappa shape index (κ3) is 7.42. The molecule has 0 atom stereocenters. The van der Waals surface area contributed by atoms with E-state index >= 15 is 0 Å². The molecule has 1 aliphatic heterocycles. The number of pyridine rings is 1. The summed E-state index contributed by atoms with van der Waals surface area (Å²) >= 11 is 0. The van der Waals surface area contributed by atoms with E-state index in [4.69, 9.17) is 0 Å². The molecule has 1 aromatic heterocycles. The van der Waals surface area contributed by atoms with Crippen LogP contribution in [0.25, 0.3) is 0 Å². The largest absolute Gasteiger partial charge is 0.469 e. The lowest BCUT2D eigenvalue weighted by atomic mass is 10.2. The molecule has 0 spiro atoms. The maximum absolute atomic E-state index is 11.8. The molecule has 8 nitrogen and oxygen atoms in total. The van der Waals surface area contributed by atoms with Crippen LogP contribution in [0.4, 0.5) is 10.6 Å². The van der Waals surface area contributed by atoms with E-state index in [-0.39, 0.29) is 12.0 Å². The van der Waals surface area contributed by atoms with Crippen LogP contribution in [-0.2, 0) is 16.1 Å². The second-order valence-corrected chi connectivity index (χ2v) is 6.59. The van der Waals surface area contributed by atoms with Crippen molar-refractivity contribution in [3.8, 4) is 0 Å². The van der Waals surface area contributed by atoms with Gasteiger partial charge < -0.3 is 25.2 Å². The van der Waals surface area contributed by atoms with Gasteiger partial charge in [0.1, 0.15) is 5.82 Å². The highest BCUT2D eigenvalue weighted by atomic mass is 16.5. The molecule has 1 aliphatic rings. The van der Waals surface area contributed by atoms with Gasteiger partial charge in [0.05, 0.1) is 7.11 Å². The van der Waals surface area contributed by atoms with Gasteiger partial charge >= 0.3 is 12.0 Å². The summed E-state index contributed by atoms with van der Waals surface area (Å²) in [5, 5.41) is 5.60. The average molecular weight is 377 g/mol. The van der Waals surface area contributed by atoms with Crippen molar-refractivity contribution in [2.45, 2.75) is 32.7 Å². The number of amides is 2. The van der Waals surface area contributed by atoms with E-state index in [9.17, 15) is 9.59 Å². The van der Waals surface area contributed by atoms with Crippen molar-refractivity contribution in [2.24, 2.45) is 0 Å². The first kappa shape index (κ1) is 21.0. The van der Waals surface area contributed by atoms with Crippen molar-refractivity contribution < 1.29 is 14.3 Å². The average Bonchev–Trinajstić information content (AvgIpc) is 2.72. The van der Waals surface area contributed by atoms with Gasteiger partial charge in [0, 0.05) is 51.9 Å². The van der Waals surface area contributed by atoms with Crippen molar-refractivity contribution in [2.75, 3.05) is 51.3 Å². The lowest BCUT2D eigenvalue weighted by Crippen LogP contribution is -2.46. The Morgan fingerprint density at radius 1 is 1.15 bits per heavy atom. The lowest BCUT2D eigenvalue weighted by molar-refractivity contribution is -0.140. The third-order valence-corrected chi connectivity index (χ3v) is 4.73. The second kappa shape index (κ2) is 11.4. The standard InChI is InChI=1S/C19H31N5O3/c1-3-23-10-12-24(13-11-23)17-8-7-16(14-21-17)15-22-19(26)20-9-5-4-6-18(25)27-2/h7-8,14H,3-6,9-13,15H2,1-2H3,(H2,20,22,26). The minimum absolute atomic E-state index is 0.215. The van der Waals surface area contributed by atoms with Gasteiger partial charge in [0.25, 0.3) is 0 Å². The highest BCUT2D eigenvalue weighted by molar-refractivity contribution is 5.73. The predicted octanol–water partition coefficient (Wildman–Crippen LogP) is 1.37. The molecule has 0 radical (unpaired) electrons. The Labute approximate surface area is 161 Å². The molecule has 0 aliphatic carbocycles. The fourth-order valence-electron chi connectivity index (χ4n) is 2.94. The minimum Gasteiger partial charge on any atom is -0.469 e. The summed E-state index contributed by atoms with van der Waals surface area (Å²) in [6, 6.07) is 3.81. The SMILES string of the molecule is CCN1CCN(c2ccc(CNC(=O)NCCCCC(=O)OC)cn2)CC1. The Kier molecular flexibility index (Phi) is 8.83. The first-order valence-corrected chi connectivity index (χ1v) is 9.63. The zero-order valence-corrected chi connectivity index (χ0v) is 16.4. The first-order chi connectivity index (χ1) is 13.1. The molecular weight excluding hydrogens is 346 g/mol. The molecule has 8 heteroatoms. The number of unbranched alkanes of at least 4 members (excludes halogenated alkanes) is 1. The monoisotopic (exact) mass is 377 g/mol. The number of carbonyl (C=O) groups excluding carboxylic acids is 2. The van der Waals surface area contributed by atoms with Gasteiger partial charge in [0.2, 0.25) is 0 Å². The van der Waals surface area contributed by atoms with Gasteiger partial charge in [-0.15, -0.1) is 0 Å². The van der Waals surface area contributed by atoms with Crippen LogP contribution in [-0.4, -0.2) is 68.3 Å². The molecule has 1 saturated heterocycles. The number of carbonyl (C=O) groups is 2. The van der Waals surface area contributed by atoms with Crippen molar-refractivity contribution in [3.05, 3.63) is 23.9 Å². The molecule has 150 valence electrons. The topological polar surface area (TPSA) is 86.8 Å². The van der Waals surface area contributed by atoms with Crippen molar-refractivity contribution in [3.63, 3.8) is 0 Å². The molecule has 27 heavy (non-hydrogen) atoms. The lowest BCUT2D eigenvalue weighted by Gasteiger charge is -2.34. The number of ether oxygens (including phenoxy) is 1. The van der Waals surface area contributed by atoms with Crippen molar-refractivity contribution in [1.82, 2.24) is 20.5 Å². The van der Waals surface area contributed by atoms with E-state index in [0.717, 1.165) is 50.5 Å². The number of anilines is 1. The van der Waals surface area contributed by atoms with Gasteiger partial charge in [-0.2, -0.15) is 0 Å². The maximum Gasteiger partial charge on any atom is 0.315 e. The second-order valence-electron chi connectivity index (χ2n) is 6.59. The number of rotatable bonds is 9. The highest BCUT2D eigenvalue weighted by Crippen LogP contribution is 2.14. The van der Waals surface area contributed by atoms with E-state index in [1.807, 2.05) is 18.3 Å². The van der Waals surface area contributed by atoms with Crippen LogP contribution in [0, 0.1) is 0 Å². The fourth-order valence-corrected chi connectivity index (χ4v) is 2.94. The van der Waals surface area contributed by atoms with Crippen LogP contribution in [0.3, 0.4) is 0 Å². The van der Waals surface area contributed by atoms with Gasteiger partial charge in [-0.1, -0.05) is 13.0 Å². The summed E-state index contributed by atoms with van der Waals surface area (Å²) in [5.41, 5.74) is 0.965. The first-order valence-electron chi connectivity index (χ1n) is 9.63. The molecule has 0 aromatic carbocycles. The van der Waals surface area contributed by atoms with Gasteiger partial charge in [-0.25, -0.2) is 9.78 Å². The third-order valence-electron chi connectivity index (χ3n) is 4.73. The van der Waals surface area contributed by atoms with Gasteiger partial charge in [0.15, 0.2) is 0 Å². The maximum atomic E-state index is 11.8. The molecule has 2 N–H and O–H groups in total. The Morgan fingerprint density at radius 3 is 2.56 bits per heavy atom.